The summed E-state index contributed by atoms with van der Waals surface area (Å²) < 4.78 is 0. The van der Waals surface area contributed by atoms with Crippen molar-refractivity contribution in [2.24, 2.45) is 22.7 Å². The van der Waals surface area contributed by atoms with Crippen molar-refractivity contribution in [1.29, 1.82) is 0 Å². The van der Waals surface area contributed by atoms with Gasteiger partial charge < -0.3 is 0 Å². The number of hydrogen-bond donors (Lipinski definition) is 0. The molecule has 0 N–H and O–H groups in total. The Kier molecular flexibility index (Phi) is 1.87. The van der Waals surface area contributed by atoms with Crippen LogP contribution in [0.1, 0.15) is 46.5 Å². The van der Waals surface area contributed by atoms with E-state index >= 15 is 0 Å². The summed E-state index contributed by atoms with van der Waals surface area (Å²) in [5.74, 6) is 2.04. The van der Waals surface area contributed by atoms with Crippen LogP contribution in [0.25, 0.3) is 0 Å². The Hall–Kier alpha value is -0.260. The molecule has 1 unspecified atom stereocenters. The van der Waals surface area contributed by atoms with Crippen molar-refractivity contribution in [3.05, 3.63) is 12.7 Å². The third kappa shape index (κ3) is 0.978. The quantitative estimate of drug-likeness (QED) is 0.572. The van der Waals surface area contributed by atoms with Crippen LogP contribution in [-0.4, -0.2) is 0 Å². The zero-order chi connectivity index (χ0) is 9.69. The van der Waals surface area contributed by atoms with E-state index in [9.17, 15) is 0 Å². The van der Waals surface area contributed by atoms with Crippen molar-refractivity contribution in [1.82, 2.24) is 0 Å². The summed E-state index contributed by atoms with van der Waals surface area (Å²) in [6, 6.07) is 0. The van der Waals surface area contributed by atoms with Crippen LogP contribution < -0.4 is 0 Å². The minimum atomic E-state index is 0.584. The highest BCUT2D eigenvalue weighted by molar-refractivity contribution is 5.12. The summed E-state index contributed by atoms with van der Waals surface area (Å²) in [6.45, 7) is 11.3. The molecule has 0 amide bonds. The van der Waals surface area contributed by atoms with Gasteiger partial charge in [-0.15, -0.1) is 6.58 Å². The fourth-order valence-electron chi connectivity index (χ4n) is 3.65. The average molecular weight is 178 g/mol. The van der Waals surface area contributed by atoms with E-state index in [0.717, 1.165) is 11.8 Å². The molecule has 0 aliphatic heterocycles. The Labute approximate surface area is 82.4 Å². The highest BCUT2D eigenvalue weighted by Gasteiger charge is 2.63. The molecule has 0 heterocycles. The maximum atomic E-state index is 3.84. The Balaban J connectivity index is 2.16. The van der Waals surface area contributed by atoms with Crippen LogP contribution in [0.5, 0.6) is 0 Å². The molecule has 2 bridgehead atoms. The fourth-order valence-corrected chi connectivity index (χ4v) is 3.65. The molecule has 0 radical (unpaired) electrons. The van der Waals surface area contributed by atoms with E-state index in [1.54, 1.807) is 0 Å². The van der Waals surface area contributed by atoms with Crippen molar-refractivity contribution in [2.75, 3.05) is 0 Å². The highest BCUT2D eigenvalue weighted by Crippen LogP contribution is 2.71. The smallest absolute Gasteiger partial charge is 0.0240 e. The van der Waals surface area contributed by atoms with Gasteiger partial charge in [-0.2, -0.15) is 0 Å². The van der Waals surface area contributed by atoms with E-state index in [4.69, 9.17) is 0 Å². The second kappa shape index (κ2) is 2.62. The van der Waals surface area contributed by atoms with E-state index < -0.39 is 0 Å². The van der Waals surface area contributed by atoms with E-state index in [1.807, 2.05) is 0 Å². The number of fused-ring (bicyclic) bond motifs is 1. The van der Waals surface area contributed by atoms with Crippen LogP contribution in [0.3, 0.4) is 0 Å². The van der Waals surface area contributed by atoms with Gasteiger partial charge in [-0.1, -0.05) is 26.8 Å². The van der Waals surface area contributed by atoms with Gasteiger partial charge in [-0.25, -0.2) is 0 Å². The van der Waals surface area contributed by atoms with Crippen LogP contribution in [-0.2, 0) is 0 Å². The zero-order valence-corrected chi connectivity index (χ0v) is 9.27. The zero-order valence-electron chi connectivity index (χ0n) is 9.27. The second-order valence-corrected chi connectivity index (χ2v) is 5.83. The molecule has 3 fully saturated rings. The van der Waals surface area contributed by atoms with Gasteiger partial charge in [-0.3, -0.25) is 0 Å². The van der Waals surface area contributed by atoms with Crippen LogP contribution in [0, 0.1) is 22.7 Å². The minimum absolute atomic E-state index is 0.584. The van der Waals surface area contributed by atoms with Gasteiger partial charge in [0.15, 0.2) is 0 Å². The molecule has 13 heavy (non-hydrogen) atoms. The van der Waals surface area contributed by atoms with Crippen molar-refractivity contribution in [3.8, 4) is 0 Å². The number of rotatable bonds is 3. The number of hydrogen-bond acceptors (Lipinski definition) is 0. The lowest BCUT2D eigenvalue weighted by Gasteiger charge is -2.38. The molecule has 3 aliphatic carbocycles. The molecule has 1 atom stereocenters. The van der Waals surface area contributed by atoms with Gasteiger partial charge in [0.25, 0.3) is 0 Å². The summed E-state index contributed by atoms with van der Waals surface area (Å²) >= 11 is 0. The van der Waals surface area contributed by atoms with Crippen LogP contribution in [0.2, 0.25) is 0 Å². The Morgan fingerprint density at radius 3 is 2.23 bits per heavy atom. The molecule has 74 valence electrons. The monoisotopic (exact) mass is 178 g/mol. The molecule has 3 rings (SSSR count). The van der Waals surface area contributed by atoms with Crippen LogP contribution >= 0.6 is 0 Å². The molecular weight excluding hydrogens is 156 g/mol. The van der Waals surface area contributed by atoms with Crippen molar-refractivity contribution in [3.63, 3.8) is 0 Å². The third-order valence-corrected chi connectivity index (χ3v) is 5.40. The molecule has 0 spiro atoms. The third-order valence-electron chi connectivity index (χ3n) is 5.40. The van der Waals surface area contributed by atoms with Gasteiger partial charge in [0.05, 0.1) is 0 Å². The first-order chi connectivity index (χ1) is 6.02. The summed E-state index contributed by atoms with van der Waals surface area (Å²) in [5, 5.41) is 0. The highest BCUT2D eigenvalue weighted by atomic mass is 14.7. The van der Waals surface area contributed by atoms with E-state index in [0.29, 0.717) is 10.8 Å². The molecule has 0 aromatic rings. The Morgan fingerprint density at radius 1 is 1.23 bits per heavy atom. The molecule has 0 heteroatoms. The summed E-state index contributed by atoms with van der Waals surface area (Å²) in [4.78, 5) is 0. The normalized spacial score (nSPS) is 45.8. The lowest BCUT2D eigenvalue weighted by atomic mass is 9.67. The molecular formula is C13H22. The Bertz CT molecular complexity index is 220. The van der Waals surface area contributed by atoms with E-state index in [1.165, 1.54) is 25.7 Å². The lowest BCUT2D eigenvalue weighted by molar-refractivity contribution is 0.112. The van der Waals surface area contributed by atoms with Crippen molar-refractivity contribution < 1.29 is 0 Å². The first-order valence-electron chi connectivity index (χ1n) is 5.63. The first-order valence-corrected chi connectivity index (χ1v) is 5.63. The standard InChI is InChI=1S/C13H22/c1-5-6-7-13(4)11-8-10(9-11)12(13,2)3/h5,10-11H,1,6-9H2,2-4H3. The summed E-state index contributed by atoms with van der Waals surface area (Å²) in [5.41, 5.74) is 1.19. The van der Waals surface area contributed by atoms with Crippen LogP contribution in [0.4, 0.5) is 0 Å². The summed E-state index contributed by atoms with van der Waals surface area (Å²) in [6.07, 6.45) is 7.63. The lowest BCUT2D eigenvalue weighted by Crippen LogP contribution is -2.30. The molecule has 3 saturated carbocycles. The van der Waals surface area contributed by atoms with E-state index in [2.05, 4.69) is 33.4 Å². The fraction of sp³-hybridized carbons (Fsp3) is 0.846. The molecule has 0 saturated heterocycles. The van der Waals surface area contributed by atoms with Crippen molar-refractivity contribution in [2.45, 2.75) is 46.5 Å². The van der Waals surface area contributed by atoms with Gasteiger partial charge in [0.2, 0.25) is 0 Å². The first kappa shape index (κ1) is 9.30. The number of allylic oxidation sites excluding steroid dienone is 1. The predicted molar refractivity (Wildman–Crippen MR) is 57.5 cm³/mol. The van der Waals surface area contributed by atoms with Gasteiger partial charge in [0, 0.05) is 0 Å². The summed E-state index contributed by atoms with van der Waals surface area (Å²) in [7, 11) is 0. The SMILES string of the molecule is C=CCCC1(C)C2CC(C2)C1(C)C. The minimum Gasteiger partial charge on any atom is -0.103 e. The topological polar surface area (TPSA) is 0 Å². The Morgan fingerprint density at radius 2 is 1.85 bits per heavy atom. The van der Waals surface area contributed by atoms with Crippen molar-refractivity contribution >= 4 is 0 Å². The maximum absolute atomic E-state index is 3.84. The molecule has 0 nitrogen and oxygen atoms in total. The molecule has 0 aromatic heterocycles. The van der Waals surface area contributed by atoms with Gasteiger partial charge in [-0.05, 0) is 48.3 Å². The largest absolute Gasteiger partial charge is 0.103 e. The second-order valence-electron chi connectivity index (χ2n) is 5.83. The predicted octanol–water partition coefficient (Wildman–Crippen LogP) is 4.02. The van der Waals surface area contributed by atoms with Crippen LogP contribution in [0.15, 0.2) is 12.7 Å². The molecule has 3 aliphatic rings. The molecule has 0 aromatic carbocycles. The van der Waals surface area contributed by atoms with E-state index in [-0.39, 0.29) is 0 Å². The van der Waals surface area contributed by atoms with Gasteiger partial charge >= 0.3 is 0 Å². The average Bonchev–Trinajstić information content (AvgIpc) is 2.25. The van der Waals surface area contributed by atoms with Gasteiger partial charge in [0.1, 0.15) is 0 Å². The maximum Gasteiger partial charge on any atom is -0.0240 e.